The number of benzene rings is 1. The molecule has 1 saturated carbocycles. The number of aliphatic imine (C=N–C) groups is 1. The van der Waals surface area contributed by atoms with Gasteiger partial charge in [-0.3, -0.25) is 4.99 Å². The number of hydrogen-bond donors (Lipinski definition) is 2. The van der Waals surface area contributed by atoms with E-state index >= 15 is 0 Å². The average Bonchev–Trinajstić information content (AvgIpc) is 3.23. The van der Waals surface area contributed by atoms with Crippen molar-refractivity contribution in [3.05, 3.63) is 35.6 Å². The minimum Gasteiger partial charge on any atom is -0.355 e. The molecule has 2 atom stereocenters. The lowest BCUT2D eigenvalue weighted by molar-refractivity contribution is 0.607. The van der Waals surface area contributed by atoms with E-state index in [0.29, 0.717) is 0 Å². The van der Waals surface area contributed by atoms with Gasteiger partial charge in [0, 0.05) is 30.3 Å². The zero-order valence-electron chi connectivity index (χ0n) is 13.1. The predicted octanol–water partition coefficient (Wildman–Crippen LogP) is 2.99. The Kier molecular flexibility index (Phi) is 5.14. The molecule has 0 heterocycles. The van der Waals surface area contributed by atoms with E-state index in [1.807, 2.05) is 23.9 Å². The average molecular weight is 309 g/mol. The van der Waals surface area contributed by atoms with E-state index in [1.165, 1.54) is 6.07 Å². The minimum absolute atomic E-state index is 0.113. The highest BCUT2D eigenvalue weighted by atomic mass is 32.2. The molecule has 0 amide bonds. The lowest BCUT2D eigenvalue weighted by atomic mass is 10.1. The maximum absolute atomic E-state index is 13.7. The van der Waals surface area contributed by atoms with Gasteiger partial charge in [-0.1, -0.05) is 18.2 Å². The summed E-state index contributed by atoms with van der Waals surface area (Å²) in [5.74, 6) is 0.928. The number of thioether (sulfide) groups is 1. The number of nitrogens with one attached hydrogen (secondary N) is 2. The Hall–Kier alpha value is -1.23. The monoisotopic (exact) mass is 309 g/mol. The van der Waals surface area contributed by atoms with Crippen LogP contribution in [0.1, 0.15) is 31.7 Å². The molecule has 0 bridgehead atoms. The lowest BCUT2D eigenvalue weighted by Crippen LogP contribution is -2.44. The van der Waals surface area contributed by atoms with Gasteiger partial charge in [-0.15, -0.1) is 0 Å². The molecule has 2 N–H and O–H groups in total. The third-order valence-corrected chi connectivity index (χ3v) is 5.12. The highest BCUT2D eigenvalue weighted by Gasteiger charge is 2.40. The van der Waals surface area contributed by atoms with Crippen molar-refractivity contribution in [1.29, 1.82) is 0 Å². The SMILES string of the molecule is CN=C(NCC(C)(C)SC)NC1CC1c1ccccc1F. The molecule has 0 saturated heterocycles. The van der Waals surface area contributed by atoms with Crippen molar-refractivity contribution in [2.24, 2.45) is 4.99 Å². The van der Waals surface area contributed by atoms with Crippen LogP contribution in [0.4, 0.5) is 4.39 Å². The molecule has 3 nitrogen and oxygen atoms in total. The summed E-state index contributed by atoms with van der Waals surface area (Å²) < 4.78 is 13.9. The van der Waals surface area contributed by atoms with Crippen molar-refractivity contribution in [3.63, 3.8) is 0 Å². The minimum atomic E-state index is -0.113. The molecule has 1 fully saturated rings. The van der Waals surface area contributed by atoms with Gasteiger partial charge in [0.1, 0.15) is 5.82 Å². The zero-order valence-corrected chi connectivity index (χ0v) is 13.9. The fraction of sp³-hybridized carbons (Fsp3) is 0.562. The highest BCUT2D eigenvalue weighted by molar-refractivity contribution is 7.99. The molecular formula is C16H24FN3S. The van der Waals surface area contributed by atoms with Gasteiger partial charge in [0.25, 0.3) is 0 Å². The molecule has 116 valence electrons. The first-order valence-electron chi connectivity index (χ1n) is 7.23. The van der Waals surface area contributed by atoms with Crippen molar-refractivity contribution >= 4 is 17.7 Å². The largest absolute Gasteiger partial charge is 0.355 e. The van der Waals surface area contributed by atoms with Gasteiger partial charge < -0.3 is 10.6 Å². The van der Waals surface area contributed by atoms with Crippen LogP contribution < -0.4 is 10.6 Å². The molecular weight excluding hydrogens is 285 g/mol. The number of rotatable bonds is 5. The Morgan fingerprint density at radius 3 is 2.76 bits per heavy atom. The lowest BCUT2D eigenvalue weighted by Gasteiger charge is -2.23. The topological polar surface area (TPSA) is 36.4 Å². The molecule has 1 aromatic rings. The van der Waals surface area contributed by atoms with E-state index in [4.69, 9.17) is 0 Å². The second-order valence-corrected chi connectivity index (χ2v) is 7.52. The Morgan fingerprint density at radius 1 is 1.43 bits per heavy atom. The molecule has 0 radical (unpaired) electrons. The van der Waals surface area contributed by atoms with Crippen LogP contribution in [-0.2, 0) is 0 Å². The first-order valence-corrected chi connectivity index (χ1v) is 8.46. The second kappa shape index (κ2) is 6.69. The normalized spacial score (nSPS) is 22.0. The van der Waals surface area contributed by atoms with Gasteiger partial charge >= 0.3 is 0 Å². The maximum atomic E-state index is 13.7. The van der Waals surface area contributed by atoms with Gasteiger partial charge in [-0.25, -0.2) is 4.39 Å². The number of nitrogens with zero attached hydrogens (tertiary/aromatic N) is 1. The molecule has 5 heteroatoms. The highest BCUT2D eigenvalue weighted by Crippen LogP contribution is 2.41. The van der Waals surface area contributed by atoms with Gasteiger partial charge in [0.2, 0.25) is 0 Å². The third kappa shape index (κ3) is 4.37. The van der Waals surface area contributed by atoms with Crippen molar-refractivity contribution < 1.29 is 4.39 Å². The first kappa shape index (κ1) is 16.1. The van der Waals surface area contributed by atoms with Crippen LogP contribution in [0, 0.1) is 5.82 Å². The van der Waals surface area contributed by atoms with Gasteiger partial charge in [0.05, 0.1) is 0 Å². The zero-order chi connectivity index (χ0) is 15.5. The van der Waals surface area contributed by atoms with Crippen LogP contribution in [0.25, 0.3) is 0 Å². The Labute approximate surface area is 130 Å². The summed E-state index contributed by atoms with van der Waals surface area (Å²) in [6.07, 6.45) is 3.06. The van der Waals surface area contributed by atoms with Crippen molar-refractivity contribution in [3.8, 4) is 0 Å². The molecule has 1 aliphatic carbocycles. The fourth-order valence-corrected chi connectivity index (χ4v) is 2.43. The third-order valence-electron chi connectivity index (χ3n) is 3.87. The summed E-state index contributed by atoms with van der Waals surface area (Å²) >= 11 is 1.82. The van der Waals surface area contributed by atoms with E-state index in [0.717, 1.165) is 24.5 Å². The van der Waals surface area contributed by atoms with E-state index in [-0.39, 0.29) is 22.5 Å². The van der Waals surface area contributed by atoms with Crippen LogP contribution in [0.3, 0.4) is 0 Å². The summed E-state index contributed by atoms with van der Waals surface area (Å²) in [7, 11) is 1.77. The molecule has 21 heavy (non-hydrogen) atoms. The van der Waals surface area contributed by atoms with Crippen LogP contribution in [-0.4, -0.2) is 36.6 Å². The van der Waals surface area contributed by atoms with E-state index in [9.17, 15) is 4.39 Å². The summed E-state index contributed by atoms with van der Waals surface area (Å²) in [5, 5.41) is 6.72. The van der Waals surface area contributed by atoms with E-state index in [1.54, 1.807) is 13.1 Å². The fourth-order valence-electron chi connectivity index (χ4n) is 2.21. The van der Waals surface area contributed by atoms with E-state index < -0.39 is 0 Å². The molecule has 2 unspecified atom stereocenters. The first-order chi connectivity index (χ1) is 9.96. The summed E-state index contributed by atoms with van der Waals surface area (Å²) in [6, 6.07) is 7.29. The van der Waals surface area contributed by atoms with E-state index in [2.05, 4.69) is 35.7 Å². The number of halogens is 1. The molecule has 0 spiro atoms. The van der Waals surface area contributed by atoms with Crippen LogP contribution in [0.2, 0.25) is 0 Å². The predicted molar refractivity (Wildman–Crippen MR) is 89.6 cm³/mol. The number of guanidine groups is 1. The molecule has 1 aromatic carbocycles. The standard InChI is InChI=1S/C16H24FN3S/c1-16(2,21-4)10-19-15(18-3)20-14-9-12(14)11-7-5-6-8-13(11)17/h5-8,12,14H,9-10H2,1-4H3,(H2,18,19,20). The Morgan fingerprint density at radius 2 is 2.14 bits per heavy atom. The van der Waals surface area contributed by atoms with Crippen LogP contribution >= 0.6 is 11.8 Å². The molecule has 2 rings (SSSR count). The number of hydrogen-bond acceptors (Lipinski definition) is 2. The van der Waals surface area contributed by atoms with Crippen LogP contribution in [0.15, 0.2) is 29.3 Å². The molecule has 0 aliphatic heterocycles. The van der Waals surface area contributed by atoms with Crippen molar-refractivity contribution in [2.75, 3.05) is 19.8 Å². The summed E-state index contributed by atoms with van der Waals surface area (Å²) in [4.78, 5) is 4.25. The summed E-state index contributed by atoms with van der Waals surface area (Å²) in [5.41, 5.74) is 0.801. The smallest absolute Gasteiger partial charge is 0.191 e. The van der Waals surface area contributed by atoms with Crippen molar-refractivity contribution in [1.82, 2.24) is 10.6 Å². The quantitative estimate of drug-likeness (QED) is 0.648. The second-order valence-electron chi connectivity index (χ2n) is 6.00. The van der Waals surface area contributed by atoms with Gasteiger partial charge in [-0.05, 0) is 38.2 Å². The van der Waals surface area contributed by atoms with Crippen LogP contribution in [0.5, 0.6) is 0 Å². The Bertz CT molecular complexity index is 516. The molecule has 1 aliphatic rings. The molecule has 0 aromatic heterocycles. The maximum Gasteiger partial charge on any atom is 0.191 e. The van der Waals surface area contributed by atoms with Gasteiger partial charge in [-0.2, -0.15) is 11.8 Å². The Balaban J connectivity index is 1.87. The van der Waals surface area contributed by atoms with Gasteiger partial charge in [0.15, 0.2) is 5.96 Å². The summed E-state index contributed by atoms with van der Waals surface area (Å²) in [6.45, 7) is 5.22. The van der Waals surface area contributed by atoms with Crippen molar-refractivity contribution in [2.45, 2.75) is 37.0 Å².